The topological polar surface area (TPSA) is 97.4 Å². The van der Waals surface area contributed by atoms with E-state index >= 15 is 0 Å². The second-order valence-corrected chi connectivity index (χ2v) is 6.22. The highest BCUT2D eigenvalue weighted by molar-refractivity contribution is 5.89. The molecule has 1 aliphatic heterocycles. The molecule has 1 fully saturated rings. The van der Waals surface area contributed by atoms with E-state index in [9.17, 15) is 14.4 Å². The lowest BCUT2D eigenvalue weighted by Crippen LogP contribution is -2.52. The Hall–Kier alpha value is -2.45. The highest BCUT2D eigenvalue weighted by Crippen LogP contribution is 2.37. The van der Waals surface area contributed by atoms with Gasteiger partial charge in [0.05, 0.1) is 5.56 Å². The fourth-order valence-corrected chi connectivity index (χ4v) is 2.91. The highest BCUT2D eigenvalue weighted by Gasteiger charge is 2.59. The summed E-state index contributed by atoms with van der Waals surface area (Å²) < 4.78 is 27.3. The average Bonchev–Trinajstić information content (AvgIpc) is 2.85. The molecule has 1 heterocycles. The zero-order valence-corrected chi connectivity index (χ0v) is 15.8. The smallest absolute Gasteiger partial charge is 0.338 e. The monoisotopic (exact) mass is 380 g/mol. The molecule has 1 unspecified atom stereocenters. The van der Waals surface area contributed by atoms with Crippen molar-refractivity contribution in [2.24, 2.45) is 0 Å². The first-order valence-electron chi connectivity index (χ1n) is 8.64. The number of esters is 3. The Morgan fingerprint density at radius 2 is 1.78 bits per heavy atom. The predicted octanol–water partition coefficient (Wildman–Crippen LogP) is 1.86. The Kier molecular flexibility index (Phi) is 6.92. The molecule has 0 radical (unpaired) electrons. The average molecular weight is 380 g/mol. The van der Waals surface area contributed by atoms with Gasteiger partial charge in [0.25, 0.3) is 0 Å². The summed E-state index contributed by atoms with van der Waals surface area (Å²) in [6.45, 7) is 5.85. The van der Waals surface area contributed by atoms with E-state index in [1.54, 1.807) is 44.2 Å². The summed E-state index contributed by atoms with van der Waals surface area (Å²) in [7, 11) is 0. The van der Waals surface area contributed by atoms with E-state index in [1.807, 2.05) is 0 Å². The molecule has 2 rings (SSSR count). The molecule has 1 aliphatic rings. The molecule has 0 saturated carbocycles. The molecular formula is C19H24O8. The molecule has 148 valence electrons. The van der Waals surface area contributed by atoms with Gasteiger partial charge in [-0.15, -0.1) is 0 Å². The highest BCUT2D eigenvalue weighted by atomic mass is 16.7. The molecule has 0 amide bonds. The Morgan fingerprint density at radius 1 is 1.11 bits per heavy atom. The van der Waals surface area contributed by atoms with Crippen LogP contribution < -0.4 is 0 Å². The van der Waals surface area contributed by atoms with Crippen LogP contribution >= 0.6 is 0 Å². The van der Waals surface area contributed by atoms with Gasteiger partial charge in [0.15, 0.2) is 18.0 Å². The normalized spacial score (nSPS) is 27.0. The summed E-state index contributed by atoms with van der Waals surface area (Å²) in [5.74, 6) is -1.71. The lowest BCUT2D eigenvalue weighted by Gasteiger charge is -2.33. The number of benzene rings is 1. The van der Waals surface area contributed by atoms with Gasteiger partial charge in [0, 0.05) is 20.5 Å². The number of carbonyl (C=O) groups is 3. The lowest BCUT2D eigenvalue weighted by molar-refractivity contribution is -0.193. The van der Waals surface area contributed by atoms with Gasteiger partial charge in [0.2, 0.25) is 0 Å². The zero-order chi connectivity index (χ0) is 20.0. The van der Waals surface area contributed by atoms with Crippen molar-refractivity contribution in [2.45, 2.75) is 51.8 Å². The van der Waals surface area contributed by atoms with Crippen molar-refractivity contribution in [3.63, 3.8) is 0 Å². The number of carbonyl (C=O) groups excluding carboxylic acids is 3. The van der Waals surface area contributed by atoms with Crippen LogP contribution in [0, 0.1) is 0 Å². The third-order valence-corrected chi connectivity index (χ3v) is 4.11. The van der Waals surface area contributed by atoms with Crippen molar-refractivity contribution in [2.75, 3.05) is 13.2 Å². The molecular weight excluding hydrogens is 356 g/mol. The molecule has 1 aromatic carbocycles. The van der Waals surface area contributed by atoms with Gasteiger partial charge in [-0.1, -0.05) is 18.2 Å². The third-order valence-electron chi connectivity index (χ3n) is 4.11. The molecule has 0 bridgehead atoms. The van der Waals surface area contributed by atoms with Crippen molar-refractivity contribution in [3.8, 4) is 0 Å². The molecule has 0 aromatic heterocycles. The first-order chi connectivity index (χ1) is 12.8. The van der Waals surface area contributed by atoms with E-state index < -0.39 is 42.0 Å². The summed E-state index contributed by atoms with van der Waals surface area (Å²) in [5.41, 5.74) is -1.00. The van der Waals surface area contributed by atoms with Crippen molar-refractivity contribution in [1.82, 2.24) is 0 Å². The van der Waals surface area contributed by atoms with E-state index in [1.165, 1.54) is 13.8 Å². The van der Waals surface area contributed by atoms with E-state index in [0.29, 0.717) is 5.56 Å². The van der Waals surface area contributed by atoms with Crippen LogP contribution in [0.15, 0.2) is 30.3 Å². The largest absolute Gasteiger partial charge is 0.459 e. The van der Waals surface area contributed by atoms with Crippen LogP contribution in [-0.2, 0) is 33.3 Å². The van der Waals surface area contributed by atoms with Crippen molar-refractivity contribution in [1.29, 1.82) is 0 Å². The van der Waals surface area contributed by atoms with Crippen LogP contribution in [0.3, 0.4) is 0 Å². The van der Waals surface area contributed by atoms with Crippen molar-refractivity contribution in [3.05, 3.63) is 35.9 Å². The maximum Gasteiger partial charge on any atom is 0.338 e. The Bertz CT molecular complexity index is 674. The fourth-order valence-electron chi connectivity index (χ4n) is 2.91. The van der Waals surface area contributed by atoms with Crippen molar-refractivity contribution < 1.29 is 38.1 Å². The minimum atomic E-state index is -1.38. The minimum Gasteiger partial charge on any atom is -0.459 e. The van der Waals surface area contributed by atoms with Gasteiger partial charge < -0.3 is 23.7 Å². The first-order valence-corrected chi connectivity index (χ1v) is 8.64. The first kappa shape index (κ1) is 20.9. The van der Waals surface area contributed by atoms with Crippen LogP contribution in [0.5, 0.6) is 0 Å². The van der Waals surface area contributed by atoms with Gasteiger partial charge in [-0.05, 0) is 26.0 Å². The molecule has 1 saturated heterocycles. The molecule has 0 N–H and O–H groups in total. The number of hydrogen-bond donors (Lipinski definition) is 0. The molecule has 8 heteroatoms. The number of hydrogen-bond acceptors (Lipinski definition) is 8. The van der Waals surface area contributed by atoms with Gasteiger partial charge >= 0.3 is 17.9 Å². The maximum absolute atomic E-state index is 12.2. The molecule has 4 atom stereocenters. The van der Waals surface area contributed by atoms with Crippen molar-refractivity contribution >= 4 is 17.9 Å². The van der Waals surface area contributed by atoms with E-state index in [0.717, 1.165) is 0 Å². The fraction of sp³-hybridized carbons (Fsp3) is 0.526. The van der Waals surface area contributed by atoms with Crippen LogP contribution in [0.2, 0.25) is 0 Å². The van der Waals surface area contributed by atoms with Crippen LogP contribution in [0.4, 0.5) is 0 Å². The second kappa shape index (κ2) is 8.96. The van der Waals surface area contributed by atoms with Crippen LogP contribution in [-0.4, -0.2) is 55.2 Å². The van der Waals surface area contributed by atoms with E-state index in [4.69, 9.17) is 23.7 Å². The van der Waals surface area contributed by atoms with Crippen LogP contribution in [0.1, 0.15) is 38.1 Å². The van der Waals surface area contributed by atoms with Gasteiger partial charge in [0.1, 0.15) is 12.7 Å². The lowest BCUT2D eigenvalue weighted by atomic mass is 9.94. The SMILES string of the molecule is CCOC1O[C@H](COC(=O)c2ccccc2)[C@@](C)(OC(C)=O)[C@H]1OC(C)=O. The summed E-state index contributed by atoms with van der Waals surface area (Å²) in [6.07, 6.45) is -2.84. The summed E-state index contributed by atoms with van der Waals surface area (Å²) >= 11 is 0. The third kappa shape index (κ3) is 5.05. The quantitative estimate of drug-likeness (QED) is 0.522. The molecule has 27 heavy (non-hydrogen) atoms. The molecule has 0 spiro atoms. The minimum absolute atomic E-state index is 0.209. The van der Waals surface area contributed by atoms with E-state index in [2.05, 4.69) is 0 Å². The standard InChI is InChI=1S/C19H24O8/c1-5-23-18-16(25-12(2)20)19(4,27-13(3)21)15(26-18)11-24-17(22)14-9-7-6-8-10-14/h6-10,15-16,18H,5,11H2,1-4H3/t15-,16+,18?,19-/m1/s1. The predicted molar refractivity (Wildman–Crippen MR) is 92.7 cm³/mol. The molecule has 0 aliphatic carbocycles. The molecule has 8 nitrogen and oxygen atoms in total. The summed E-state index contributed by atoms with van der Waals surface area (Å²) in [4.78, 5) is 35.4. The Labute approximate surface area is 157 Å². The zero-order valence-electron chi connectivity index (χ0n) is 15.8. The number of rotatable bonds is 7. The van der Waals surface area contributed by atoms with Crippen LogP contribution in [0.25, 0.3) is 0 Å². The van der Waals surface area contributed by atoms with Gasteiger partial charge in [-0.25, -0.2) is 4.79 Å². The van der Waals surface area contributed by atoms with Gasteiger partial charge in [-0.3, -0.25) is 9.59 Å². The number of ether oxygens (including phenoxy) is 5. The Balaban J connectivity index is 2.19. The van der Waals surface area contributed by atoms with Gasteiger partial charge in [-0.2, -0.15) is 0 Å². The Morgan fingerprint density at radius 3 is 2.33 bits per heavy atom. The molecule has 1 aromatic rings. The summed E-state index contributed by atoms with van der Waals surface area (Å²) in [5, 5.41) is 0. The second-order valence-electron chi connectivity index (χ2n) is 6.22. The van der Waals surface area contributed by atoms with E-state index in [-0.39, 0.29) is 13.2 Å². The summed E-state index contributed by atoms with van der Waals surface area (Å²) in [6, 6.07) is 8.45. The maximum atomic E-state index is 12.2.